The highest BCUT2D eigenvalue weighted by Crippen LogP contribution is 2.36. The van der Waals surface area contributed by atoms with E-state index in [4.69, 9.17) is 19.3 Å². The number of hydrogen-bond donors (Lipinski definition) is 2. The molecular formula is C41H69O8P. The molecule has 0 aliphatic carbocycles. The van der Waals surface area contributed by atoms with Crippen molar-refractivity contribution in [2.45, 2.75) is 161 Å². The Balaban J connectivity index is 4.07. The molecule has 0 aliphatic rings. The molecule has 8 nitrogen and oxygen atoms in total. The molecule has 0 saturated carbocycles. The number of hydrogen-bond acceptors (Lipinski definition) is 6. The van der Waals surface area contributed by atoms with E-state index in [-0.39, 0.29) is 19.4 Å². The Labute approximate surface area is 304 Å². The van der Waals surface area contributed by atoms with E-state index in [2.05, 4.69) is 91.3 Å². The number of esters is 2. The smallest absolute Gasteiger partial charge is 0.462 e. The van der Waals surface area contributed by atoms with Gasteiger partial charge >= 0.3 is 19.8 Å². The van der Waals surface area contributed by atoms with Gasteiger partial charge in [0.2, 0.25) is 0 Å². The molecule has 0 bridgehead atoms. The predicted molar refractivity (Wildman–Crippen MR) is 207 cm³/mol. The molecular weight excluding hydrogens is 651 g/mol. The van der Waals surface area contributed by atoms with E-state index in [0.717, 1.165) is 83.5 Å². The van der Waals surface area contributed by atoms with Crippen LogP contribution in [0.2, 0.25) is 0 Å². The summed E-state index contributed by atoms with van der Waals surface area (Å²) in [5.74, 6) is -0.940. The zero-order chi connectivity index (χ0) is 36.8. The number of ether oxygens (including phenoxy) is 2. The summed E-state index contributed by atoms with van der Waals surface area (Å²) in [4.78, 5) is 42.7. The van der Waals surface area contributed by atoms with Crippen LogP contribution >= 0.6 is 7.82 Å². The molecule has 0 unspecified atom stereocenters. The second kappa shape index (κ2) is 36.3. The van der Waals surface area contributed by atoms with Gasteiger partial charge in [0, 0.05) is 12.8 Å². The third kappa shape index (κ3) is 38.3. The van der Waals surface area contributed by atoms with Crippen LogP contribution in [0.1, 0.15) is 155 Å². The SMILES string of the molecule is CC/C=C\C/C=C\C/C=C\C/C=C\C/C=C\CCCCCC(=O)O[C@H](COC(=O)CCCCCCC/C=C\CCCCCC)COP(=O)(O)O. The van der Waals surface area contributed by atoms with Crippen LogP contribution in [0, 0.1) is 0 Å². The van der Waals surface area contributed by atoms with Crippen LogP contribution in [0.3, 0.4) is 0 Å². The molecule has 50 heavy (non-hydrogen) atoms. The minimum absolute atomic E-state index is 0.167. The first-order valence-corrected chi connectivity index (χ1v) is 20.8. The molecule has 1 atom stereocenters. The van der Waals surface area contributed by atoms with Gasteiger partial charge in [-0.15, -0.1) is 0 Å². The molecule has 0 aliphatic heterocycles. The standard InChI is InChI=1S/C41H69O8P/c1-3-5-7-9-11-13-15-17-18-19-20-21-22-24-26-28-30-32-34-36-41(43)49-39(38-48-50(44,45)46)37-47-40(42)35-33-31-29-27-25-23-16-14-12-10-8-6-4-2/h5,7,11,13-14,16-18,20-21,24,26,39H,3-4,6,8-10,12,15,19,22-23,25,27-38H2,1-2H3,(H2,44,45,46)/b7-5-,13-11-,16-14-,18-17-,21-20-,26-24-/t39-/m1/s1. The molecule has 0 aromatic carbocycles. The molecule has 9 heteroatoms. The Morgan fingerprint density at radius 3 is 1.48 bits per heavy atom. The highest BCUT2D eigenvalue weighted by molar-refractivity contribution is 7.46. The molecule has 0 heterocycles. The maximum atomic E-state index is 12.4. The minimum atomic E-state index is -4.77. The van der Waals surface area contributed by atoms with Crippen LogP contribution in [0.5, 0.6) is 0 Å². The van der Waals surface area contributed by atoms with Gasteiger partial charge in [0.05, 0.1) is 6.61 Å². The maximum Gasteiger partial charge on any atom is 0.469 e. The fraction of sp³-hybridized carbons (Fsp3) is 0.659. The fourth-order valence-electron chi connectivity index (χ4n) is 4.86. The molecule has 0 aromatic rings. The highest BCUT2D eigenvalue weighted by atomic mass is 31.2. The van der Waals surface area contributed by atoms with E-state index < -0.39 is 32.5 Å². The van der Waals surface area contributed by atoms with Gasteiger partial charge in [0.25, 0.3) is 0 Å². The van der Waals surface area contributed by atoms with Crippen molar-refractivity contribution in [3.63, 3.8) is 0 Å². The van der Waals surface area contributed by atoms with Crippen molar-refractivity contribution in [1.82, 2.24) is 0 Å². The summed E-state index contributed by atoms with van der Waals surface area (Å²) < 4.78 is 26.3. The van der Waals surface area contributed by atoms with Crippen LogP contribution < -0.4 is 0 Å². The first-order chi connectivity index (χ1) is 24.3. The summed E-state index contributed by atoms with van der Waals surface area (Å²) in [6.45, 7) is 3.50. The number of phosphoric ester groups is 1. The summed E-state index contributed by atoms with van der Waals surface area (Å²) in [5.41, 5.74) is 0. The van der Waals surface area contributed by atoms with E-state index in [9.17, 15) is 14.2 Å². The van der Waals surface area contributed by atoms with Crippen LogP contribution in [0.4, 0.5) is 0 Å². The van der Waals surface area contributed by atoms with Crippen LogP contribution in [-0.2, 0) is 28.2 Å². The van der Waals surface area contributed by atoms with Gasteiger partial charge in [0.1, 0.15) is 6.61 Å². The monoisotopic (exact) mass is 720 g/mol. The molecule has 0 aromatic heterocycles. The molecule has 0 amide bonds. The van der Waals surface area contributed by atoms with Crippen molar-refractivity contribution in [3.05, 3.63) is 72.9 Å². The summed E-state index contributed by atoms with van der Waals surface area (Å²) in [7, 11) is -4.77. The average molecular weight is 721 g/mol. The van der Waals surface area contributed by atoms with Gasteiger partial charge in [-0.1, -0.05) is 132 Å². The number of carbonyl (C=O) groups is 2. The Bertz CT molecular complexity index is 1040. The number of allylic oxidation sites excluding steroid dienone is 12. The van der Waals surface area contributed by atoms with Gasteiger partial charge in [0.15, 0.2) is 6.10 Å². The van der Waals surface area contributed by atoms with Crippen molar-refractivity contribution in [2.24, 2.45) is 0 Å². The fourth-order valence-corrected chi connectivity index (χ4v) is 5.22. The summed E-state index contributed by atoms with van der Waals surface area (Å²) >= 11 is 0. The molecule has 2 N–H and O–H groups in total. The van der Waals surface area contributed by atoms with E-state index in [0.29, 0.717) is 12.8 Å². The lowest BCUT2D eigenvalue weighted by molar-refractivity contribution is -0.161. The number of phosphoric acid groups is 1. The van der Waals surface area contributed by atoms with Crippen molar-refractivity contribution >= 4 is 19.8 Å². The van der Waals surface area contributed by atoms with Crippen LogP contribution in [0.25, 0.3) is 0 Å². The lowest BCUT2D eigenvalue weighted by Crippen LogP contribution is -2.29. The van der Waals surface area contributed by atoms with E-state index in [1.807, 2.05) is 0 Å². The van der Waals surface area contributed by atoms with E-state index in [1.54, 1.807) is 0 Å². The van der Waals surface area contributed by atoms with Crippen LogP contribution in [0.15, 0.2) is 72.9 Å². The van der Waals surface area contributed by atoms with Gasteiger partial charge in [-0.25, -0.2) is 4.57 Å². The highest BCUT2D eigenvalue weighted by Gasteiger charge is 2.22. The second-order valence-corrected chi connectivity index (χ2v) is 13.8. The van der Waals surface area contributed by atoms with E-state index in [1.165, 1.54) is 32.1 Å². The summed E-state index contributed by atoms with van der Waals surface area (Å²) in [6, 6.07) is 0. The van der Waals surface area contributed by atoms with Gasteiger partial charge < -0.3 is 19.3 Å². The average Bonchev–Trinajstić information content (AvgIpc) is 3.08. The van der Waals surface area contributed by atoms with Gasteiger partial charge in [-0.05, 0) is 83.5 Å². The second-order valence-electron chi connectivity index (χ2n) is 12.5. The molecule has 0 saturated heterocycles. The van der Waals surface area contributed by atoms with Crippen molar-refractivity contribution in [2.75, 3.05) is 13.2 Å². The summed E-state index contributed by atoms with van der Waals surface area (Å²) in [6.07, 6.45) is 46.2. The predicted octanol–water partition coefficient (Wildman–Crippen LogP) is 11.5. The lowest BCUT2D eigenvalue weighted by atomic mass is 10.1. The van der Waals surface area contributed by atoms with Crippen LogP contribution in [-0.4, -0.2) is 41.0 Å². The summed E-state index contributed by atoms with van der Waals surface area (Å²) in [5, 5.41) is 0. The van der Waals surface area contributed by atoms with Crippen molar-refractivity contribution in [3.8, 4) is 0 Å². The molecule has 0 rings (SSSR count). The minimum Gasteiger partial charge on any atom is -0.462 e. The normalized spacial score (nSPS) is 13.3. The van der Waals surface area contributed by atoms with Crippen molar-refractivity contribution < 1.29 is 37.9 Å². The van der Waals surface area contributed by atoms with Crippen molar-refractivity contribution in [1.29, 1.82) is 0 Å². The molecule has 0 fully saturated rings. The first-order valence-electron chi connectivity index (χ1n) is 19.2. The zero-order valence-corrected chi connectivity index (χ0v) is 32.2. The largest absolute Gasteiger partial charge is 0.469 e. The number of rotatable bonds is 34. The number of carbonyl (C=O) groups excluding carboxylic acids is 2. The quantitative estimate of drug-likeness (QED) is 0.0292. The molecule has 0 spiro atoms. The lowest BCUT2D eigenvalue weighted by Gasteiger charge is -2.18. The number of unbranched alkanes of at least 4 members (excludes halogenated alkanes) is 12. The Morgan fingerprint density at radius 2 is 0.960 bits per heavy atom. The Morgan fingerprint density at radius 1 is 0.540 bits per heavy atom. The van der Waals surface area contributed by atoms with E-state index >= 15 is 0 Å². The zero-order valence-electron chi connectivity index (χ0n) is 31.3. The maximum absolute atomic E-state index is 12.4. The van der Waals surface area contributed by atoms with Gasteiger partial charge in [-0.2, -0.15) is 0 Å². The molecule has 0 radical (unpaired) electrons. The first kappa shape index (κ1) is 47.5. The topological polar surface area (TPSA) is 119 Å². The Hall–Kier alpha value is -2.51. The third-order valence-corrected chi connectivity index (χ3v) is 8.19. The third-order valence-electron chi connectivity index (χ3n) is 7.71. The molecule has 286 valence electrons. The Kier molecular flexibility index (Phi) is 34.5. The van der Waals surface area contributed by atoms with Gasteiger partial charge in [-0.3, -0.25) is 14.1 Å².